The lowest BCUT2D eigenvalue weighted by molar-refractivity contribution is -0.162. The van der Waals surface area contributed by atoms with Gasteiger partial charge in [-0.1, -0.05) is 95.2 Å². The molecule has 3 aromatic rings. The second-order valence-electron chi connectivity index (χ2n) is 10.8. The first-order valence-electron chi connectivity index (χ1n) is 15.5. The molecule has 0 spiro atoms. The average molecular weight is 561 g/mol. The molecule has 1 heterocycles. The van der Waals surface area contributed by atoms with Gasteiger partial charge < -0.3 is 14.2 Å². The van der Waals surface area contributed by atoms with Crippen molar-refractivity contribution in [1.29, 1.82) is 0 Å². The van der Waals surface area contributed by atoms with Gasteiger partial charge >= 0.3 is 5.97 Å². The van der Waals surface area contributed by atoms with Gasteiger partial charge in [-0.3, -0.25) is 0 Å². The monoisotopic (exact) mass is 560 g/mol. The summed E-state index contributed by atoms with van der Waals surface area (Å²) in [6, 6.07) is 16.4. The largest absolute Gasteiger partial charge is 0.490 e. The summed E-state index contributed by atoms with van der Waals surface area (Å²) in [5, 5.41) is 0. The van der Waals surface area contributed by atoms with Crippen molar-refractivity contribution in [3.8, 4) is 28.3 Å². The second kappa shape index (κ2) is 18.2. The van der Waals surface area contributed by atoms with E-state index < -0.39 is 6.10 Å². The highest BCUT2D eigenvalue weighted by atomic mass is 16.6. The third-order valence-electron chi connectivity index (χ3n) is 7.12. The molecule has 6 heteroatoms. The molecule has 0 fully saturated rings. The molecule has 0 N–H and O–H groups in total. The predicted molar refractivity (Wildman–Crippen MR) is 166 cm³/mol. The SMILES string of the molecule is CCCCCCCCCc1ccc(-c2ncc(-c3ccc(OCC(C)OC(=O)[C@H](C)OCCCC)cc3)cn2)cc1. The predicted octanol–water partition coefficient (Wildman–Crippen LogP) is 8.62. The van der Waals surface area contributed by atoms with Crippen molar-refractivity contribution < 1.29 is 19.0 Å². The van der Waals surface area contributed by atoms with Crippen molar-refractivity contribution in [2.45, 2.75) is 104 Å². The summed E-state index contributed by atoms with van der Waals surface area (Å²) < 4.78 is 16.8. The second-order valence-corrected chi connectivity index (χ2v) is 10.8. The van der Waals surface area contributed by atoms with E-state index in [1.807, 2.05) is 43.6 Å². The number of benzene rings is 2. The Balaban J connectivity index is 1.43. The first-order chi connectivity index (χ1) is 20.0. The number of carbonyl (C=O) groups is 1. The van der Waals surface area contributed by atoms with Crippen LogP contribution in [0.15, 0.2) is 60.9 Å². The van der Waals surface area contributed by atoms with Crippen molar-refractivity contribution in [2.24, 2.45) is 0 Å². The van der Waals surface area contributed by atoms with Crippen LogP contribution in [-0.4, -0.2) is 41.4 Å². The van der Waals surface area contributed by atoms with Gasteiger partial charge in [0.2, 0.25) is 0 Å². The zero-order valence-electron chi connectivity index (χ0n) is 25.4. The molecule has 0 aliphatic heterocycles. The maximum atomic E-state index is 12.2. The number of rotatable bonds is 19. The summed E-state index contributed by atoms with van der Waals surface area (Å²) in [6.45, 7) is 8.70. The van der Waals surface area contributed by atoms with Crippen LogP contribution in [0.2, 0.25) is 0 Å². The fourth-order valence-electron chi connectivity index (χ4n) is 4.49. The molecular weight excluding hydrogens is 512 g/mol. The maximum absolute atomic E-state index is 12.2. The molecule has 2 aromatic carbocycles. The van der Waals surface area contributed by atoms with Crippen molar-refractivity contribution in [3.63, 3.8) is 0 Å². The van der Waals surface area contributed by atoms with E-state index in [9.17, 15) is 4.79 Å². The van der Waals surface area contributed by atoms with E-state index in [2.05, 4.69) is 48.1 Å². The highest BCUT2D eigenvalue weighted by Crippen LogP contribution is 2.24. The van der Waals surface area contributed by atoms with Crippen molar-refractivity contribution in [3.05, 3.63) is 66.5 Å². The van der Waals surface area contributed by atoms with E-state index in [-0.39, 0.29) is 18.7 Å². The number of ether oxygens (including phenoxy) is 3. The van der Waals surface area contributed by atoms with Crippen molar-refractivity contribution in [1.82, 2.24) is 9.97 Å². The molecule has 41 heavy (non-hydrogen) atoms. The normalized spacial score (nSPS) is 12.6. The Kier molecular flexibility index (Phi) is 14.4. The van der Waals surface area contributed by atoms with E-state index in [0.29, 0.717) is 12.4 Å². The molecule has 1 aromatic heterocycles. The lowest BCUT2D eigenvalue weighted by atomic mass is 10.0. The molecule has 6 nitrogen and oxygen atoms in total. The molecule has 1 unspecified atom stereocenters. The highest BCUT2D eigenvalue weighted by molar-refractivity contribution is 5.74. The van der Waals surface area contributed by atoms with Crippen LogP contribution in [0.4, 0.5) is 0 Å². The van der Waals surface area contributed by atoms with Crippen LogP contribution >= 0.6 is 0 Å². The van der Waals surface area contributed by atoms with Gasteiger partial charge in [0, 0.05) is 30.1 Å². The Morgan fingerprint density at radius 3 is 2.00 bits per heavy atom. The van der Waals surface area contributed by atoms with Gasteiger partial charge in [-0.05, 0) is 56.4 Å². The lowest BCUT2D eigenvalue weighted by Gasteiger charge is -2.18. The molecule has 0 bridgehead atoms. The van der Waals surface area contributed by atoms with E-state index >= 15 is 0 Å². The minimum Gasteiger partial charge on any atom is -0.490 e. The van der Waals surface area contributed by atoms with Crippen LogP contribution < -0.4 is 4.74 Å². The zero-order chi connectivity index (χ0) is 29.3. The van der Waals surface area contributed by atoms with Gasteiger partial charge in [-0.2, -0.15) is 0 Å². The molecule has 0 aliphatic rings. The van der Waals surface area contributed by atoms with Gasteiger partial charge in [0.15, 0.2) is 11.9 Å². The molecule has 2 atom stereocenters. The van der Waals surface area contributed by atoms with Gasteiger partial charge in [-0.25, -0.2) is 14.8 Å². The molecule has 3 rings (SSSR count). The van der Waals surface area contributed by atoms with E-state index in [4.69, 9.17) is 14.2 Å². The maximum Gasteiger partial charge on any atom is 0.335 e. The Hall–Kier alpha value is -3.25. The zero-order valence-corrected chi connectivity index (χ0v) is 25.4. The van der Waals surface area contributed by atoms with Crippen LogP contribution in [-0.2, 0) is 20.7 Å². The van der Waals surface area contributed by atoms with Crippen LogP contribution in [0.3, 0.4) is 0 Å². The third kappa shape index (κ3) is 11.6. The smallest absolute Gasteiger partial charge is 0.335 e. The molecule has 0 aliphatic carbocycles. The lowest BCUT2D eigenvalue weighted by Crippen LogP contribution is -2.30. The van der Waals surface area contributed by atoms with Crippen molar-refractivity contribution >= 4 is 5.97 Å². The number of aromatic nitrogens is 2. The molecular formula is C35H48N2O4. The number of unbranched alkanes of at least 4 members (excludes halogenated alkanes) is 7. The fraction of sp³-hybridized carbons (Fsp3) is 0.514. The number of esters is 1. The Labute approximate surface area is 246 Å². The number of nitrogens with zero attached hydrogens (tertiary/aromatic N) is 2. The van der Waals surface area contributed by atoms with Crippen molar-refractivity contribution in [2.75, 3.05) is 13.2 Å². The van der Waals surface area contributed by atoms with Crippen LogP contribution in [0.5, 0.6) is 5.75 Å². The number of aryl methyl sites for hydroxylation is 1. The minimum absolute atomic E-state index is 0.266. The molecule has 0 saturated heterocycles. The Morgan fingerprint density at radius 1 is 0.732 bits per heavy atom. The molecule has 0 saturated carbocycles. The third-order valence-corrected chi connectivity index (χ3v) is 7.12. The highest BCUT2D eigenvalue weighted by Gasteiger charge is 2.18. The van der Waals surface area contributed by atoms with E-state index in [1.54, 1.807) is 6.92 Å². The van der Waals surface area contributed by atoms with E-state index in [0.717, 1.165) is 41.8 Å². The van der Waals surface area contributed by atoms with Gasteiger partial charge in [0.1, 0.15) is 18.5 Å². The fourth-order valence-corrected chi connectivity index (χ4v) is 4.49. The summed E-state index contributed by atoms with van der Waals surface area (Å²) in [6.07, 6.45) is 15.2. The summed E-state index contributed by atoms with van der Waals surface area (Å²) >= 11 is 0. The number of carbonyl (C=O) groups excluding carboxylic acids is 1. The standard InChI is InChI=1S/C35H48N2O4/c1-5-7-9-10-11-12-13-14-29-15-17-31(18-16-29)34-36-24-32(25-37-34)30-19-21-33(22-20-30)40-26-27(3)41-35(38)28(4)39-23-8-6-2/h15-22,24-25,27-28H,5-14,23,26H2,1-4H3/t27?,28-/m0/s1. The quantitative estimate of drug-likeness (QED) is 0.108. The minimum atomic E-state index is -0.573. The summed E-state index contributed by atoms with van der Waals surface area (Å²) in [7, 11) is 0. The van der Waals surface area contributed by atoms with Crippen LogP contribution in [0, 0.1) is 0 Å². The summed E-state index contributed by atoms with van der Waals surface area (Å²) in [4.78, 5) is 21.4. The van der Waals surface area contributed by atoms with Gasteiger partial charge in [0.25, 0.3) is 0 Å². The Bertz CT molecular complexity index is 1130. The summed E-state index contributed by atoms with van der Waals surface area (Å²) in [5.41, 5.74) is 4.35. The molecule has 222 valence electrons. The van der Waals surface area contributed by atoms with Crippen LogP contribution in [0.1, 0.15) is 91.0 Å². The number of hydrogen-bond acceptors (Lipinski definition) is 6. The Morgan fingerprint density at radius 2 is 1.34 bits per heavy atom. The van der Waals surface area contributed by atoms with Gasteiger partial charge in [0.05, 0.1) is 0 Å². The van der Waals surface area contributed by atoms with Crippen LogP contribution in [0.25, 0.3) is 22.5 Å². The average Bonchev–Trinajstić information content (AvgIpc) is 3.00. The molecule has 0 amide bonds. The molecule has 0 radical (unpaired) electrons. The first kappa shape index (κ1) is 32.3. The van der Waals surface area contributed by atoms with Gasteiger partial charge in [-0.15, -0.1) is 0 Å². The topological polar surface area (TPSA) is 70.5 Å². The number of hydrogen-bond donors (Lipinski definition) is 0. The van der Waals surface area contributed by atoms with E-state index in [1.165, 1.54) is 50.5 Å². The first-order valence-corrected chi connectivity index (χ1v) is 15.5. The summed E-state index contributed by atoms with van der Waals surface area (Å²) in [5.74, 6) is 1.07.